The lowest BCUT2D eigenvalue weighted by Gasteiger charge is -2.22. The zero-order valence-corrected chi connectivity index (χ0v) is 9.06. The molecular weight excluding hydrogens is 208 g/mol. The molecule has 2 heterocycles. The van der Waals surface area contributed by atoms with Crippen LogP contribution in [0.25, 0.3) is 0 Å². The summed E-state index contributed by atoms with van der Waals surface area (Å²) in [4.78, 5) is 11.6. The molecule has 1 aliphatic heterocycles. The van der Waals surface area contributed by atoms with Gasteiger partial charge in [-0.25, -0.2) is 0 Å². The molecule has 0 radical (unpaired) electrons. The monoisotopic (exact) mass is 224 g/mol. The molecule has 1 fully saturated rings. The van der Waals surface area contributed by atoms with Gasteiger partial charge in [0.25, 0.3) is 5.91 Å². The Balaban J connectivity index is 1.67. The first-order chi connectivity index (χ1) is 7.86. The van der Waals surface area contributed by atoms with Crippen molar-refractivity contribution in [1.82, 2.24) is 20.4 Å². The highest BCUT2D eigenvalue weighted by Crippen LogP contribution is 1.95. The number of amides is 1. The van der Waals surface area contributed by atoms with E-state index in [1.54, 1.807) is 10.9 Å². The highest BCUT2D eigenvalue weighted by molar-refractivity contribution is 5.81. The minimum Gasteiger partial charge on any atom is -0.366 e. The van der Waals surface area contributed by atoms with E-state index >= 15 is 0 Å². The smallest absolute Gasteiger partial charge is 0.250 e. The van der Waals surface area contributed by atoms with Crippen LogP contribution < -0.4 is 10.6 Å². The summed E-state index contributed by atoms with van der Waals surface area (Å²) in [6, 6.07) is 1.86. The van der Waals surface area contributed by atoms with Crippen LogP contribution in [0.5, 0.6) is 0 Å². The third-order valence-electron chi connectivity index (χ3n) is 2.42. The fraction of sp³-hybridized carbons (Fsp3) is 0.600. The minimum absolute atomic E-state index is 0.0562. The van der Waals surface area contributed by atoms with Crippen LogP contribution in [0.3, 0.4) is 0 Å². The Morgan fingerprint density at radius 3 is 3.31 bits per heavy atom. The number of carbonyl (C=O) groups excluding carboxylic acids is 1. The average Bonchev–Trinajstić information content (AvgIpc) is 2.83. The van der Waals surface area contributed by atoms with E-state index in [-0.39, 0.29) is 12.0 Å². The van der Waals surface area contributed by atoms with Gasteiger partial charge in [0.1, 0.15) is 6.10 Å². The molecule has 0 saturated carbocycles. The summed E-state index contributed by atoms with van der Waals surface area (Å²) in [5, 5.41) is 9.99. The van der Waals surface area contributed by atoms with Gasteiger partial charge in [-0.2, -0.15) is 5.10 Å². The van der Waals surface area contributed by atoms with Crippen molar-refractivity contribution in [3.63, 3.8) is 0 Å². The van der Waals surface area contributed by atoms with E-state index in [1.807, 2.05) is 12.3 Å². The number of ether oxygens (including phenoxy) is 1. The number of aromatic nitrogens is 2. The third-order valence-corrected chi connectivity index (χ3v) is 2.42. The molecule has 0 aliphatic carbocycles. The molecule has 0 aromatic carbocycles. The Kier molecular flexibility index (Phi) is 3.90. The number of hydrogen-bond donors (Lipinski definition) is 2. The second-order valence-electron chi connectivity index (χ2n) is 3.62. The fourth-order valence-electron chi connectivity index (χ4n) is 1.57. The molecule has 6 nitrogen and oxygen atoms in total. The summed E-state index contributed by atoms with van der Waals surface area (Å²) in [6.45, 7) is 3.25. The molecule has 1 saturated heterocycles. The maximum absolute atomic E-state index is 11.6. The summed E-state index contributed by atoms with van der Waals surface area (Å²) in [6.07, 6.45) is 3.23. The first-order valence-electron chi connectivity index (χ1n) is 5.44. The van der Waals surface area contributed by atoms with E-state index in [4.69, 9.17) is 4.74 Å². The van der Waals surface area contributed by atoms with Crippen molar-refractivity contribution in [1.29, 1.82) is 0 Å². The van der Waals surface area contributed by atoms with Crippen molar-refractivity contribution >= 4 is 5.91 Å². The molecule has 2 N–H and O–H groups in total. The number of morpholine rings is 1. The highest BCUT2D eigenvalue weighted by atomic mass is 16.5. The van der Waals surface area contributed by atoms with E-state index in [1.165, 1.54) is 0 Å². The second-order valence-corrected chi connectivity index (χ2v) is 3.62. The van der Waals surface area contributed by atoms with Crippen molar-refractivity contribution in [2.75, 3.05) is 26.2 Å². The van der Waals surface area contributed by atoms with Crippen LogP contribution in [-0.2, 0) is 16.1 Å². The molecule has 1 atom stereocenters. The lowest BCUT2D eigenvalue weighted by Crippen LogP contribution is -2.48. The van der Waals surface area contributed by atoms with Crippen molar-refractivity contribution in [2.24, 2.45) is 0 Å². The predicted molar refractivity (Wildman–Crippen MR) is 57.8 cm³/mol. The molecule has 2 rings (SSSR count). The number of hydrogen-bond acceptors (Lipinski definition) is 4. The maximum atomic E-state index is 11.6. The molecule has 1 aromatic rings. The van der Waals surface area contributed by atoms with Crippen LogP contribution in [0, 0.1) is 0 Å². The van der Waals surface area contributed by atoms with Gasteiger partial charge in [0, 0.05) is 32.0 Å². The molecule has 0 bridgehead atoms. The largest absolute Gasteiger partial charge is 0.366 e. The van der Waals surface area contributed by atoms with Gasteiger partial charge < -0.3 is 15.4 Å². The van der Waals surface area contributed by atoms with Gasteiger partial charge >= 0.3 is 0 Å². The minimum atomic E-state index is -0.355. The summed E-state index contributed by atoms with van der Waals surface area (Å²) >= 11 is 0. The highest BCUT2D eigenvalue weighted by Gasteiger charge is 2.20. The van der Waals surface area contributed by atoms with Crippen LogP contribution in [0.15, 0.2) is 18.5 Å². The topological polar surface area (TPSA) is 68.2 Å². The average molecular weight is 224 g/mol. The van der Waals surface area contributed by atoms with Crippen molar-refractivity contribution in [3.8, 4) is 0 Å². The third kappa shape index (κ3) is 3.04. The van der Waals surface area contributed by atoms with E-state index in [0.717, 1.165) is 6.54 Å². The van der Waals surface area contributed by atoms with Gasteiger partial charge in [-0.15, -0.1) is 0 Å². The zero-order chi connectivity index (χ0) is 11.2. The normalized spacial score (nSPS) is 20.6. The summed E-state index contributed by atoms with van der Waals surface area (Å²) in [5.41, 5.74) is 0. The maximum Gasteiger partial charge on any atom is 0.250 e. The van der Waals surface area contributed by atoms with Crippen molar-refractivity contribution < 1.29 is 9.53 Å². The second kappa shape index (κ2) is 5.62. The number of nitrogens with one attached hydrogen (secondary N) is 2. The molecule has 1 amide bonds. The van der Waals surface area contributed by atoms with Crippen LogP contribution in [0.2, 0.25) is 0 Å². The van der Waals surface area contributed by atoms with E-state index in [0.29, 0.717) is 26.2 Å². The molecule has 88 valence electrons. The predicted octanol–water partition coefficient (Wildman–Crippen LogP) is -1.01. The SMILES string of the molecule is O=C(NCCn1cccn1)C1CNCCO1. The quantitative estimate of drug-likeness (QED) is 0.687. The van der Waals surface area contributed by atoms with Crippen molar-refractivity contribution in [2.45, 2.75) is 12.6 Å². The summed E-state index contributed by atoms with van der Waals surface area (Å²) < 4.78 is 7.11. The Bertz CT molecular complexity index is 320. The van der Waals surface area contributed by atoms with Gasteiger partial charge in [0.05, 0.1) is 13.2 Å². The Morgan fingerprint density at radius 1 is 1.69 bits per heavy atom. The molecule has 6 heteroatoms. The van der Waals surface area contributed by atoms with E-state index in [2.05, 4.69) is 15.7 Å². The van der Waals surface area contributed by atoms with Crippen LogP contribution in [-0.4, -0.2) is 48.0 Å². The lowest BCUT2D eigenvalue weighted by molar-refractivity contribution is -0.134. The first kappa shape index (κ1) is 11.1. The molecule has 1 aromatic heterocycles. The van der Waals surface area contributed by atoms with Gasteiger partial charge in [0.15, 0.2) is 0 Å². The summed E-state index contributed by atoms with van der Waals surface area (Å²) in [5.74, 6) is -0.0562. The molecule has 1 aliphatic rings. The number of nitrogens with zero attached hydrogens (tertiary/aromatic N) is 2. The standard InChI is InChI=1S/C10H16N4O2/c15-10(9-8-11-4-7-16-9)12-3-6-14-5-1-2-13-14/h1-2,5,9,11H,3-4,6-8H2,(H,12,15). The number of carbonyl (C=O) groups is 1. The van der Waals surface area contributed by atoms with Crippen LogP contribution in [0.1, 0.15) is 0 Å². The lowest BCUT2D eigenvalue weighted by atomic mass is 10.3. The van der Waals surface area contributed by atoms with Crippen LogP contribution in [0.4, 0.5) is 0 Å². The van der Waals surface area contributed by atoms with Gasteiger partial charge in [0.2, 0.25) is 0 Å². The molecule has 0 spiro atoms. The molecular formula is C10H16N4O2. The van der Waals surface area contributed by atoms with Gasteiger partial charge in [-0.1, -0.05) is 0 Å². The zero-order valence-electron chi connectivity index (χ0n) is 9.06. The number of rotatable bonds is 4. The Morgan fingerprint density at radius 2 is 2.62 bits per heavy atom. The Hall–Kier alpha value is -1.40. The Labute approximate surface area is 94.0 Å². The first-order valence-corrected chi connectivity index (χ1v) is 5.44. The van der Waals surface area contributed by atoms with Gasteiger partial charge in [-0.05, 0) is 6.07 Å². The van der Waals surface area contributed by atoms with Crippen molar-refractivity contribution in [3.05, 3.63) is 18.5 Å². The summed E-state index contributed by atoms with van der Waals surface area (Å²) in [7, 11) is 0. The molecule has 16 heavy (non-hydrogen) atoms. The van der Waals surface area contributed by atoms with Crippen LogP contribution >= 0.6 is 0 Å². The van der Waals surface area contributed by atoms with E-state index in [9.17, 15) is 4.79 Å². The van der Waals surface area contributed by atoms with Gasteiger partial charge in [-0.3, -0.25) is 9.48 Å². The molecule has 1 unspecified atom stereocenters. The fourth-order valence-corrected chi connectivity index (χ4v) is 1.57. The van der Waals surface area contributed by atoms with E-state index < -0.39 is 0 Å².